The number of primary amides is 1. The predicted molar refractivity (Wildman–Crippen MR) is 40.2 cm³/mol. The zero-order chi connectivity index (χ0) is 9.75. The van der Waals surface area contributed by atoms with Crippen molar-refractivity contribution < 1.29 is 19.4 Å². The lowest BCUT2D eigenvalue weighted by Crippen LogP contribution is -2.35. The van der Waals surface area contributed by atoms with Gasteiger partial charge in [-0.25, -0.2) is 0 Å². The standard InChI is InChI=1S/C7H6N2O4/c8-2-1(7(9)12)3(10)5-6(13-5)4(2)11/h5-6,8,10H,(H2,9,12)/t5-,6+/m1/s1. The lowest BCUT2D eigenvalue weighted by Gasteiger charge is -2.09. The maximum Gasteiger partial charge on any atom is 0.254 e. The number of rotatable bonds is 1. The van der Waals surface area contributed by atoms with Crippen LogP contribution in [0.2, 0.25) is 0 Å². The van der Waals surface area contributed by atoms with Gasteiger partial charge in [0.1, 0.15) is 23.1 Å². The minimum atomic E-state index is -0.982. The van der Waals surface area contributed by atoms with Crippen molar-refractivity contribution in [3.8, 4) is 0 Å². The maximum absolute atomic E-state index is 11.1. The second kappa shape index (κ2) is 2.17. The Kier molecular flexibility index (Phi) is 1.32. The van der Waals surface area contributed by atoms with Gasteiger partial charge < -0.3 is 15.6 Å². The van der Waals surface area contributed by atoms with Gasteiger partial charge in [-0.05, 0) is 0 Å². The monoisotopic (exact) mass is 182 g/mol. The Morgan fingerprint density at radius 2 is 2.15 bits per heavy atom. The zero-order valence-corrected chi connectivity index (χ0v) is 6.40. The third-order valence-corrected chi connectivity index (χ3v) is 2.02. The quantitative estimate of drug-likeness (QED) is 0.434. The van der Waals surface area contributed by atoms with E-state index in [9.17, 15) is 14.7 Å². The number of fused-ring (bicyclic) bond motifs is 1. The molecule has 0 unspecified atom stereocenters. The minimum absolute atomic E-state index is 0.401. The first-order chi connectivity index (χ1) is 6.04. The van der Waals surface area contributed by atoms with Gasteiger partial charge in [-0.1, -0.05) is 0 Å². The molecule has 0 spiro atoms. The van der Waals surface area contributed by atoms with Crippen LogP contribution in [0.25, 0.3) is 0 Å². The Bertz CT molecular complexity index is 371. The average Bonchev–Trinajstić information content (AvgIpc) is 2.79. The lowest BCUT2D eigenvalue weighted by molar-refractivity contribution is -0.116. The summed E-state index contributed by atoms with van der Waals surface area (Å²) < 4.78 is 4.75. The van der Waals surface area contributed by atoms with E-state index in [1.165, 1.54) is 0 Å². The van der Waals surface area contributed by atoms with Crippen LogP contribution in [0.4, 0.5) is 0 Å². The van der Waals surface area contributed by atoms with Crippen molar-refractivity contribution in [2.45, 2.75) is 12.2 Å². The molecule has 0 radical (unpaired) electrons. The SMILES string of the molecule is N=C1C(=O)[C@@H]2O[C@@H]2C(O)=C1C(N)=O. The van der Waals surface area contributed by atoms with Crippen LogP contribution in [0.1, 0.15) is 0 Å². The van der Waals surface area contributed by atoms with Gasteiger partial charge in [-0.3, -0.25) is 15.0 Å². The second-order valence-electron chi connectivity index (χ2n) is 2.84. The first-order valence-electron chi connectivity index (χ1n) is 3.55. The Hall–Kier alpha value is -1.69. The molecule has 2 atom stereocenters. The van der Waals surface area contributed by atoms with Gasteiger partial charge in [-0.15, -0.1) is 0 Å². The fraction of sp³-hybridized carbons (Fsp3) is 0.286. The highest BCUT2D eigenvalue weighted by molar-refractivity contribution is 6.53. The smallest absolute Gasteiger partial charge is 0.254 e. The number of ether oxygens (including phenoxy) is 1. The Morgan fingerprint density at radius 1 is 1.54 bits per heavy atom. The van der Waals surface area contributed by atoms with Gasteiger partial charge in [0, 0.05) is 0 Å². The molecule has 0 bridgehead atoms. The van der Waals surface area contributed by atoms with Crippen molar-refractivity contribution in [1.82, 2.24) is 0 Å². The summed E-state index contributed by atoms with van der Waals surface area (Å²) >= 11 is 0. The predicted octanol–water partition coefficient (Wildman–Crippen LogP) is -1.35. The van der Waals surface area contributed by atoms with Crippen molar-refractivity contribution in [3.05, 3.63) is 11.3 Å². The first kappa shape index (κ1) is 7.93. The van der Waals surface area contributed by atoms with Crippen LogP contribution in [0.5, 0.6) is 0 Å². The van der Waals surface area contributed by atoms with Crippen LogP contribution in [0.15, 0.2) is 11.3 Å². The molecule has 1 amide bonds. The van der Waals surface area contributed by atoms with E-state index < -0.39 is 40.9 Å². The molecule has 1 saturated heterocycles. The minimum Gasteiger partial charge on any atom is -0.508 e. The number of nitrogens with two attached hydrogens (primary N) is 1. The van der Waals surface area contributed by atoms with E-state index in [1.807, 2.05) is 0 Å². The van der Waals surface area contributed by atoms with Crippen LogP contribution in [0.3, 0.4) is 0 Å². The first-order valence-corrected chi connectivity index (χ1v) is 3.55. The van der Waals surface area contributed by atoms with Crippen molar-refractivity contribution in [2.24, 2.45) is 5.73 Å². The number of aliphatic hydroxyl groups is 1. The molecule has 2 aliphatic rings. The molecule has 2 rings (SSSR count). The van der Waals surface area contributed by atoms with Crippen molar-refractivity contribution in [1.29, 1.82) is 5.41 Å². The molecule has 0 aromatic heterocycles. The number of Topliss-reactive ketones (excluding diaryl/α,β-unsaturated/α-hetero) is 1. The molecule has 0 saturated carbocycles. The van der Waals surface area contributed by atoms with Gasteiger partial charge in [-0.2, -0.15) is 0 Å². The zero-order valence-electron chi connectivity index (χ0n) is 6.40. The number of ketones is 1. The number of epoxide rings is 1. The summed E-state index contributed by atoms with van der Waals surface area (Å²) in [6.45, 7) is 0. The highest BCUT2D eigenvalue weighted by Crippen LogP contribution is 2.35. The van der Waals surface area contributed by atoms with Gasteiger partial charge in [0.05, 0.1) is 0 Å². The molecular formula is C7H6N2O4. The Labute approximate surface area is 72.5 Å². The molecule has 0 aromatic carbocycles. The van der Waals surface area contributed by atoms with Gasteiger partial charge in [0.25, 0.3) is 5.91 Å². The summed E-state index contributed by atoms with van der Waals surface area (Å²) in [4.78, 5) is 21.9. The molecule has 1 heterocycles. The van der Waals surface area contributed by atoms with E-state index in [0.717, 1.165) is 0 Å². The van der Waals surface area contributed by atoms with E-state index in [2.05, 4.69) is 0 Å². The fourth-order valence-electron chi connectivity index (χ4n) is 1.30. The third-order valence-electron chi connectivity index (χ3n) is 2.02. The summed E-state index contributed by atoms with van der Waals surface area (Å²) in [7, 11) is 0. The molecule has 6 nitrogen and oxygen atoms in total. The van der Waals surface area contributed by atoms with Crippen LogP contribution >= 0.6 is 0 Å². The van der Waals surface area contributed by atoms with Gasteiger partial charge in [0.15, 0.2) is 6.10 Å². The molecule has 13 heavy (non-hydrogen) atoms. The van der Waals surface area contributed by atoms with Crippen LogP contribution in [-0.4, -0.2) is 34.7 Å². The normalized spacial score (nSPS) is 31.7. The van der Waals surface area contributed by atoms with Crippen LogP contribution in [-0.2, 0) is 14.3 Å². The Morgan fingerprint density at radius 3 is 2.69 bits per heavy atom. The highest BCUT2D eigenvalue weighted by Gasteiger charge is 2.55. The van der Waals surface area contributed by atoms with Crippen LogP contribution < -0.4 is 5.73 Å². The summed E-state index contributed by atoms with van der Waals surface area (Å²) in [6.07, 6.45) is -1.54. The number of carbonyl (C=O) groups is 2. The number of carbonyl (C=O) groups excluding carboxylic acids is 2. The topological polar surface area (TPSA) is 117 Å². The van der Waals surface area contributed by atoms with Crippen molar-refractivity contribution in [3.63, 3.8) is 0 Å². The highest BCUT2D eigenvalue weighted by atomic mass is 16.6. The second-order valence-corrected chi connectivity index (χ2v) is 2.84. The van der Waals surface area contributed by atoms with E-state index in [0.29, 0.717) is 0 Å². The lowest BCUT2D eigenvalue weighted by atomic mass is 9.94. The Balaban J connectivity index is 2.51. The van der Waals surface area contributed by atoms with Crippen molar-refractivity contribution in [2.75, 3.05) is 0 Å². The largest absolute Gasteiger partial charge is 0.508 e. The van der Waals surface area contributed by atoms with E-state index in [4.69, 9.17) is 15.9 Å². The van der Waals surface area contributed by atoms with Gasteiger partial charge in [0.2, 0.25) is 5.78 Å². The molecule has 6 heteroatoms. The fourth-order valence-corrected chi connectivity index (χ4v) is 1.30. The third kappa shape index (κ3) is 0.888. The number of hydrogen-bond acceptors (Lipinski definition) is 5. The maximum atomic E-state index is 11.1. The number of hydrogen-bond donors (Lipinski definition) is 3. The van der Waals surface area contributed by atoms with Crippen molar-refractivity contribution >= 4 is 17.4 Å². The van der Waals surface area contributed by atoms with E-state index in [1.54, 1.807) is 0 Å². The van der Waals surface area contributed by atoms with Gasteiger partial charge >= 0.3 is 0 Å². The molecule has 4 N–H and O–H groups in total. The number of nitrogens with one attached hydrogen (secondary N) is 1. The molecule has 68 valence electrons. The summed E-state index contributed by atoms with van der Waals surface area (Å²) in [5.41, 5.74) is 3.89. The number of amides is 1. The molecule has 1 fully saturated rings. The molecule has 0 aromatic rings. The van der Waals surface area contributed by atoms with E-state index in [-0.39, 0.29) is 0 Å². The molecule has 1 aliphatic carbocycles. The molecular weight excluding hydrogens is 176 g/mol. The average molecular weight is 182 g/mol. The summed E-state index contributed by atoms with van der Waals surface area (Å²) in [6, 6.07) is 0. The summed E-state index contributed by atoms with van der Waals surface area (Å²) in [5, 5.41) is 16.5. The van der Waals surface area contributed by atoms with Crippen LogP contribution in [0, 0.1) is 5.41 Å². The molecule has 1 aliphatic heterocycles. The van der Waals surface area contributed by atoms with E-state index >= 15 is 0 Å². The summed E-state index contributed by atoms with van der Waals surface area (Å²) in [5.74, 6) is -1.98. The number of aliphatic hydroxyl groups excluding tert-OH is 1.